The molecule has 1 heterocycles. The van der Waals surface area contributed by atoms with Crippen LogP contribution in [-0.4, -0.2) is 21.2 Å². The van der Waals surface area contributed by atoms with E-state index in [1.807, 2.05) is 0 Å². The summed E-state index contributed by atoms with van der Waals surface area (Å²) in [4.78, 5) is 14.0. The van der Waals surface area contributed by atoms with E-state index in [0.717, 1.165) is 0 Å². The van der Waals surface area contributed by atoms with Gasteiger partial charge in [0.05, 0.1) is 10.0 Å². The van der Waals surface area contributed by atoms with E-state index in [1.54, 1.807) is 6.07 Å². The fourth-order valence-electron chi connectivity index (χ4n) is 1.66. The number of rotatable bonds is 2. The number of benzene rings is 1. The summed E-state index contributed by atoms with van der Waals surface area (Å²) < 4.78 is 0.502. The van der Waals surface area contributed by atoms with Crippen molar-refractivity contribution in [1.82, 2.24) is 4.98 Å². The van der Waals surface area contributed by atoms with Crippen molar-refractivity contribution in [3.05, 3.63) is 27.9 Å². The summed E-state index contributed by atoms with van der Waals surface area (Å²) in [5.41, 5.74) is 6.64. The Labute approximate surface area is 99.0 Å². The zero-order valence-electron chi connectivity index (χ0n) is 8.12. The molecular formula is C10H9BrN2O3. The molecule has 6 heteroatoms. The molecule has 0 saturated carbocycles. The van der Waals surface area contributed by atoms with Crippen LogP contribution in [0.2, 0.25) is 0 Å². The van der Waals surface area contributed by atoms with Gasteiger partial charge in [-0.2, -0.15) is 0 Å². The lowest BCUT2D eigenvalue weighted by Gasteiger charge is -1.98. The summed E-state index contributed by atoms with van der Waals surface area (Å²) in [6.07, 6.45) is 0. The SMILES string of the molecule is NCc1[nH]c2cc(Br)c(O)cc2c1C(=O)O. The molecule has 0 radical (unpaired) electrons. The minimum atomic E-state index is -1.06. The summed E-state index contributed by atoms with van der Waals surface area (Å²) in [5, 5.41) is 19.0. The van der Waals surface area contributed by atoms with Gasteiger partial charge in [0.1, 0.15) is 5.75 Å². The van der Waals surface area contributed by atoms with Crippen LogP contribution in [0.1, 0.15) is 16.1 Å². The Bertz CT molecular complexity index is 577. The zero-order valence-corrected chi connectivity index (χ0v) is 9.71. The van der Waals surface area contributed by atoms with E-state index in [1.165, 1.54) is 6.07 Å². The van der Waals surface area contributed by atoms with Gasteiger partial charge in [-0.3, -0.25) is 0 Å². The van der Waals surface area contributed by atoms with Crippen molar-refractivity contribution in [3.8, 4) is 5.75 Å². The number of nitrogens with two attached hydrogens (primary N) is 1. The summed E-state index contributed by atoms with van der Waals surface area (Å²) in [6.45, 7) is 0.106. The number of carbonyl (C=O) groups is 1. The molecule has 2 rings (SSSR count). The van der Waals surface area contributed by atoms with Gasteiger partial charge in [-0.15, -0.1) is 0 Å². The highest BCUT2D eigenvalue weighted by Crippen LogP contribution is 2.32. The molecule has 1 aromatic carbocycles. The van der Waals surface area contributed by atoms with Crippen LogP contribution in [-0.2, 0) is 6.54 Å². The molecule has 84 valence electrons. The molecule has 0 unspecified atom stereocenters. The predicted octanol–water partition coefficient (Wildman–Crippen LogP) is 1.79. The quantitative estimate of drug-likeness (QED) is 0.676. The summed E-state index contributed by atoms with van der Waals surface area (Å²) in [6, 6.07) is 3.02. The van der Waals surface area contributed by atoms with Crippen molar-refractivity contribution in [1.29, 1.82) is 0 Å². The number of H-pyrrole nitrogens is 1. The fraction of sp³-hybridized carbons (Fsp3) is 0.100. The third-order valence-corrected chi connectivity index (χ3v) is 3.00. The van der Waals surface area contributed by atoms with Gasteiger partial charge in [0.15, 0.2) is 0 Å². The first-order valence-electron chi connectivity index (χ1n) is 4.51. The first kappa shape index (κ1) is 11.0. The topological polar surface area (TPSA) is 99.3 Å². The minimum Gasteiger partial charge on any atom is -0.507 e. The van der Waals surface area contributed by atoms with Crippen molar-refractivity contribution in [2.24, 2.45) is 5.73 Å². The van der Waals surface area contributed by atoms with Crippen LogP contribution in [0, 0.1) is 0 Å². The second-order valence-electron chi connectivity index (χ2n) is 3.34. The molecule has 0 saturated heterocycles. The highest BCUT2D eigenvalue weighted by molar-refractivity contribution is 9.10. The van der Waals surface area contributed by atoms with Crippen LogP contribution in [0.3, 0.4) is 0 Å². The largest absolute Gasteiger partial charge is 0.507 e. The van der Waals surface area contributed by atoms with Gasteiger partial charge in [-0.25, -0.2) is 4.79 Å². The minimum absolute atomic E-state index is 0.00225. The van der Waals surface area contributed by atoms with Crippen LogP contribution in [0.15, 0.2) is 16.6 Å². The van der Waals surface area contributed by atoms with E-state index in [4.69, 9.17) is 10.8 Å². The monoisotopic (exact) mass is 284 g/mol. The first-order chi connectivity index (χ1) is 7.54. The highest BCUT2D eigenvalue weighted by atomic mass is 79.9. The number of aromatic amines is 1. The molecule has 0 aliphatic heterocycles. The number of nitrogens with one attached hydrogen (secondary N) is 1. The summed E-state index contributed by atoms with van der Waals surface area (Å²) in [7, 11) is 0. The van der Waals surface area contributed by atoms with Crippen LogP contribution in [0.5, 0.6) is 5.75 Å². The Hall–Kier alpha value is -1.53. The standard InChI is InChI=1S/C10H9BrN2O3/c11-5-2-6-4(1-8(5)14)9(10(15)16)7(3-12)13-6/h1-2,13-14H,3,12H2,(H,15,16). The van der Waals surface area contributed by atoms with E-state index >= 15 is 0 Å². The average molecular weight is 285 g/mol. The third-order valence-electron chi connectivity index (χ3n) is 2.36. The summed E-state index contributed by atoms with van der Waals surface area (Å²) >= 11 is 3.16. The van der Waals surface area contributed by atoms with Gasteiger partial charge in [0.25, 0.3) is 0 Å². The zero-order chi connectivity index (χ0) is 11.9. The molecule has 5 nitrogen and oxygen atoms in total. The molecule has 0 amide bonds. The number of hydrogen-bond donors (Lipinski definition) is 4. The van der Waals surface area contributed by atoms with Gasteiger partial charge in [-0.05, 0) is 28.1 Å². The van der Waals surface area contributed by atoms with Crippen molar-refractivity contribution in [2.45, 2.75) is 6.54 Å². The van der Waals surface area contributed by atoms with E-state index in [0.29, 0.717) is 21.1 Å². The van der Waals surface area contributed by atoms with Gasteiger partial charge in [0.2, 0.25) is 0 Å². The second-order valence-corrected chi connectivity index (χ2v) is 4.19. The molecule has 2 aromatic rings. The van der Waals surface area contributed by atoms with Crippen LogP contribution < -0.4 is 5.73 Å². The normalized spacial score (nSPS) is 10.9. The van der Waals surface area contributed by atoms with E-state index in [2.05, 4.69) is 20.9 Å². The maximum absolute atomic E-state index is 11.1. The first-order valence-corrected chi connectivity index (χ1v) is 5.30. The van der Waals surface area contributed by atoms with Crippen LogP contribution in [0.4, 0.5) is 0 Å². The molecule has 0 fully saturated rings. The number of carboxylic acids is 1. The number of phenols is 1. The predicted molar refractivity (Wildman–Crippen MR) is 62.5 cm³/mol. The average Bonchev–Trinajstić information content (AvgIpc) is 2.56. The number of phenolic OH excluding ortho intramolecular Hbond substituents is 1. The Morgan fingerprint density at radius 3 is 2.75 bits per heavy atom. The van der Waals surface area contributed by atoms with Gasteiger partial charge in [-0.1, -0.05) is 0 Å². The van der Waals surface area contributed by atoms with Crippen LogP contribution >= 0.6 is 15.9 Å². The van der Waals surface area contributed by atoms with Crippen molar-refractivity contribution in [3.63, 3.8) is 0 Å². The number of aromatic hydroxyl groups is 1. The maximum atomic E-state index is 11.1. The Kier molecular flexibility index (Phi) is 2.61. The number of aromatic nitrogens is 1. The Morgan fingerprint density at radius 2 is 2.19 bits per heavy atom. The molecule has 0 atom stereocenters. The number of carboxylic acid groups (broad SMARTS) is 1. The van der Waals surface area contributed by atoms with Crippen molar-refractivity contribution in [2.75, 3.05) is 0 Å². The smallest absolute Gasteiger partial charge is 0.338 e. The molecule has 0 bridgehead atoms. The lowest BCUT2D eigenvalue weighted by atomic mass is 10.1. The maximum Gasteiger partial charge on any atom is 0.338 e. The molecule has 0 aliphatic carbocycles. The molecule has 16 heavy (non-hydrogen) atoms. The Morgan fingerprint density at radius 1 is 1.50 bits per heavy atom. The van der Waals surface area contributed by atoms with Gasteiger partial charge < -0.3 is 20.9 Å². The highest BCUT2D eigenvalue weighted by Gasteiger charge is 2.17. The van der Waals surface area contributed by atoms with E-state index < -0.39 is 5.97 Å². The molecule has 0 aliphatic rings. The van der Waals surface area contributed by atoms with Gasteiger partial charge >= 0.3 is 5.97 Å². The molecule has 5 N–H and O–H groups in total. The molecular weight excluding hydrogens is 276 g/mol. The van der Waals surface area contributed by atoms with E-state index in [-0.39, 0.29) is 17.9 Å². The Balaban J connectivity index is 2.84. The lowest BCUT2D eigenvalue weighted by Crippen LogP contribution is -2.05. The van der Waals surface area contributed by atoms with Crippen LogP contribution in [0.25, 0.3) is 10.9 Å². The third kappa shape index (κ3) is 1.56. The molecule has 0 spiro atoms. The lowest BCUT2D eigenvalue weighted by molar-refractivity contribution is 0.0698. The van der Waals surface area contributed by atoms with E-state index in [9.17, 15) is 9.90 Å². The number of fused-ring (bicyclic) bond motifs is 1. The number of hydrogen-bond acceptors (Lipinski definition) is 3. The van der Waals surface area contributed by atoms with Crippen molar-refractivity contribution >= 4 is 32.8 Å². The number of aromatic carboxylic acids is 1. The second kappa shape index (κ2) is 3.80. The summed E-state index contributed by atoms with van der Waals surface area (Å²) in [5.74, 6) is -1.06. The molecule has 1 aromatic heterocycles. The number of halogens is 1. The van der Waals surface area contributed by atoms with Gasteiger partial charge in [0, 0.05) is 23.1 Å². The van der Waals surface area contributed by atoms with Crippen molar-refractivity contribution < 1.29 is 15.0 Å². The fourth-order valence-corrected chi connectivity index (χ4v) is 2.00.